The average molecular weight is 453 g/mol. The van der Waals surface area contributed by atoms with E-state index in [-0.39, 0.29) is 6.61 Å². The van der Waals surface area contributed by atoms with Crippen LogP contribution in [0.5, 0.6) is 0 Å². The number of anilines is 1. The Kier molecular flexibility index (Phi) is 7.87. The highest BCUT2D eigenvalue weighted by Crippen LogP contribution is 2.28. The van der Waals surface area contributed by atoms with Gasteiger partial charge < -0.3 is 19.3 Å². The monoisotopic (exact) mass is 452 g/mol. The maximum atomic E-state index is 9.36. The number of hydrogen-bond donors (Lipinski definition) is 3. The van der Waals surface area contributed by atoms with E-state index in [0.29, 0.717) is 24.7 Å². The Bertz CT molecular complexity index is 1060. The lowest BCUT2D eigenvalue weighted by Crippen LogP contribution is -2.37. The van der Waals surface area contributed by atoms with Crippen LogP contribution in [0.4, 0.5) is 5.82 Å². The number of benzene rings is 1. The van der Waals surface area contributed by atoms with Gasteiger partial charge in [-0.1, -0.05) is 43.7 Å². The second kappa shape index (κ2) is 11.2. The second-order valence-electron chi connectivity index (χ2n) is 8.32. The molecule has 0 bridgehead atoms. The molecule has 9 nitrogen and oxygen atoms in total. The van der Waals surface area contributed by atoms with Gasteiger partial charge in [-0.25, -0.2) is 15.0 Å². The first-order valence-corrected chi connectivity index (χ1v) is 11.5. The molecular weight excluding hydrogens is 420 g/mol. The molecular formula is C24H32N6O3. The molecule has 1 aromatic carbocycles. The average Bonchev–Trinajstić information content (AvgIpc) is 3.28. The van der Waals surface area contributed by atoms with Gasteiger partial charge in [0.1, 0.15) is 0 Å². The van der Waals surface area contributed by atoms with Crippen molar-refractivity contribution in [3.05, 3.63) is 48.4 Å². The summed E-state index contributed by atoms with van der Waals surface area (Å²) in [5.74, 6) is 1.50. The van der Waals surface area contributed by atoms with Gasteiger partial charge in [-0.15, -0.1) is 0 Å². The number of fused-ring (bicyclic) bond motifs is 1. The van der Waals surface area contributed by atoms with Crippen LogP contribution in [0, 0.1) is 0 Å². The Morgan fingerprint density at radius 1 is 1.06 bits per heavy atom. The highest BCUT2D eigenvalue weighted by molar-refractivity contribution is 5.85. The predicted molar refractivity (Wildman–Crippen MR) is 127 cm³/mol. The number of ether oxygens (including phenoxy) is 1. The fourth-order valence-electron chi connectivity index (χ4n) is 4.01. The number of rotatable bonds is 11. The van der Waals surface area contributed by atoms with Crippen LogP contribution < -0.4 is 10.4 Å². The molecule has 3 aromatic rings. The molecule has 2 aromatic heterocycles. The lowest BCUT2D eigenvalue weighted by Gasteiger charge is -2.28. The molecule has 33 heavy (non-hydrogen) atoms. The largest absolute Gasteiger partial charge is 0.392 e. The van der Waals surface area contributed by atoms with Crippen molar-refractivity contribution in [3.63, 3.8) is 0 Å². The number of nitrogens with one attached hydrogen (secondary N) is 1. The Hall–Kier alpha value is -3.01. The maximum Gasteiger partial charge on any atom is 0.166 e. The molecule has 0 saturated carbocycles. The molecule has 1 aliphatic heterocycles. The van der Waals surface area contributed by atoms with E-state index in [4.69, 9.17) is 19.9 Å². The van der Waals surface area contributed by atoms with E-state index in [9.17, 15) is 5.11 Å². The fourth-order valence-corrected chi connectivity index (χ4v) is 4.01. The van der Waals surface area contributed by atoms with E-state index in [1.54, 1.807) is 0 Å². The zero-order valence-electron chi connectivity index (χ0n) is 18.9. The zero-order valence-corrected chi connectivity index (χ0v) is 18.9. The third-order valence-electron chi connectivity index (χ3n) is 5.94. The van der Waals surface area contributed by atoms with Crippen molar-refractivity contribution < 1.29 is 15.1 Å². The summed E-state index contributed by atoms with van der Waals surface area (Å²) >= 11 is 0. The summed E-state index contributed by atoms with van der Waals surface area (Å²) < 4.78 is 7.64. The van der Waals surface area contributed by atoms with Crippen LogP contribution in [0.3, 0.4) is 0 Å². The third-order valence-corrected chi connectivity index (χ3v) is 5.94. The number of hydrogen-bond acceptors (Lipinski definition) is 8. The minimum absolute atomic E-state index is 0.0105. The zero-order chi connectivity index (χ0) is 23.0. The molecule has 0 radical (unpaired) electrons. The minimum Gasteiger partial charge on any atom is -0.392 e. The highest BCUT2D eigenvalue weighted by Gasteiger charge is 2.21. The molecule has 176 valence electrons. The van der Waals surface area contributed by atoms with Gasteiger partial charge in [0, 0.05) is 30.9 Å². The molecule has 3 N–H and O–H groups in total. The molecule has 1 saturated heterocycles. The molecule has 1 aliphatic rings. The number of morpholine rings is 1. The molecule has 0 spiro atoms. The first-order chi connectivity index (χ1) is 16.2. The van der Waals surface area contributed by atoms with Gasteiger partial charge in [-0.2, -0.15) is 0 Å². The normalized spacial score (nSPS) is 14.1. The number of aliphatic hydroxyl groups is 1. The van der Waals surface area contributed by atoms with Crippen molar-refractivity contribution in [2.24, 2.45) is 0 Å². The number of aliphatic hydroxyl groups excluding tert-OH is 1. The Morgan fingerprint density at radius 3 is 2.55 bits per heavy atom. The van der Waals surface area contributed by atoms with Crippen molar-refractivity contribution in [2.75, 3.05) is 31.2 Å². The van der Waals surface area contributed by atoms with E-state index in [1.165, 1.54) is 0 Å². The molecule has 0 atom stereocenters. The fraction of sp³-hybridized carbons (Fsp3) is 0.458. The van der Waals surface area contributed by atoms with Gasteiger partial charge in [-0.05, 0) is 24.8 Å². The quantitative estimate of drug-likeness (QED) is 0.300. The second-order valence-corrected chi connectivity index (χ2v) is 8.32. The smallest absolute Gasteiger partial charge is 0.166 e. The van der Waals surface area contributed by atoms with Gasteiger partial charge in [0.15, 0.2) is 22.8 Å². The summed E-state index contributed by atoms with van der Waals surface area (Å²) in [6, 6.07) is 7.70. The summed E-state index contributed by atoms with van der Waals surface area (Å²) in [7, 11) is 0. The van der Waals surface area contributed by atoms with Crippen molar-refractivity contribution in [2.45, 2.75) is 45.3 Å². The van der Waals surface area contributed by atoms with Crippen LogP contribution >= 0.6 is 0 Å². The molecule has 0 unspecified atom stereocenters. The summed E-state index contributed by atoms with van der Waals surface area (Å²) in [5.41, 5.74) is 6.19. The number of allylic oxidation sites excluding steroid dienone is 1. The number of nitrogens with zero attached hydrogens (tertiary/aromatic N) is 5. The first kappa shape index (κ1) is 23.2. The lowest BCUT2D eigenvalue weighted by molar-refractivity contribution is 0.122. The summed E-state index contributed by atoms with van der Waals surface area (Å²) in [6.07, 6.45) is 6.80. The van der Waals surface area contributed by atoms with Crippen LogP contribution in [-0.2, 0) is 17.9 Å². The van der Waals surface area contributed by atoms with E-state index < -0.39 is 0 Å². The highest BCUT2D eigenvalue weighted by atomic mass is 16.5. The number of aryl methyl sites for hydroxylation is 1. The lowest BCUT2D eigenvalue weighted by atomic mass is 10.1. The molecule has 4 rings (SSSR count). The number of hydroxylamine groups is 1. The Balaban J connectivity index is 1.56. The summed E-state index contributed by atoms with van der Waals surface area (Å²) in [4.78, 5) is 16.7. The summed E-state index contributed by atoms with van der Waals surface area (Å²) in [6.45, 7) is 7.48. The van der Waals surface area contributed by atoms with Crippen molar-refractivity contribution in [1.29, 1.82) is 0 Å². The van der Waals surface area contributed by atoms with Gasteiger partial charge in [0.2, 0.25) is 0 Å². The molecule has 0 aliphatic carbocycles. The summed E-state index contributed by atoms with van der Waals surface area (Å²) in [5, 5.41) is 18.2. The predicted octanol–water partition coefficient (Wildman–Crippen LogP) is 3.27. The maximum absolute atomic E-state index is 9.36. The standard InChI is InChI=1S/C24H32N6O3/c1-18(28-32)6-4-2-3-5-11-30-17-25-21-23(29-12-14-33-15-13-29)26-22(27-24(21)30)20-9-7-19(16-31)8-10-20/h7-10,17,28,31-32H,1-6,11-16H2. The Labute approximate surface area is 193 Å². The SMILES string of the molecule is C=C(CCCCCCn1cnc2c(N3CCOCC3)nc(-c3ccc(CO)cc3)nc21)NO. The van der Waals surface area contributed by atoms with Gasteiger partial charge >= 0.3 is 0 Å². The topological polar surface area (TPSA) is 109 Å². The van der Waals surface area contributed by atoms with Crippen molar-refractivity contribution >= 4 is 17.0 Å². The van der Waals surface area contributed by atoms with Crippen LogP contribution in [0.2, 0.25) is 0 Å². The number of imidazole rings is 1. The van der Waals surface area contributed by atoms with E-state index in [0.717, 1.165) is 79.8 Å². The Morgan fingerprint density at radius 2 is 1.82 bits per heavy atom. The van der Waals surface area contributed by atoms with Crippen molar-refractivity contribution in [1.82, 2.24) is 25.0 Å². The van der Waals surface area contributed by atoms with E-state index in [1.807, 2.05) is 30.6 Å². The van der Waals surface area contributed by atoms with Crippen LogP contribution in [-0.4, -0.2) is 56.1 Å². The van der Waals surface area contributed by atoms with E-state index in [2.05, 4.69) is 26.5 Å². The van der Waals surface area contributed by atoms with Gasteiger partial charge in [-0.3, -0.25) is 10.7 Å². The first-order valence-electron chi connectivity index (χ1n) is 11.5. The van der Waals surface area contributed by atoms with Gasteiger partial charge in [0.05, 0.1) is 26.1 Å². The third kappa shape index (κ3) is 5.68. The molecule has 3 heterocycles. The van der Waals surface area contributed by atoms with Crippen molar-refractivity contribution in [3.8, 4) is 11.4 Å². The molecule has 0 amide bonds. The van der Waals surface area contributed by atoms with Crippen LogP contribution in [0.25, 0.3) is 22.6 Å². The van der Waals surface area contributed by atoms with Crippen LogP contribution in [0.1, 0.15) is 37.7 Å². The van der Waals surface area contributed by atoms with E-state index >= 15 is 0 Å². The van der Waals surface area contributed by atoms with Gasteiger partial charge in [0.25, 0.3) is 0 Å². The molecule has 1 fully saturated rings. The minimum atomic E-state index is 0.0105. The number of unbranched alkanes of at least 4 members (excludes halogenated alkanes) is 3. The number of aromatic nitrogens is 4. The van der Waals surface area contributed by atoms with Crippen LogP contribution in [0.15, 0.2) is 42.9 Å². The molecule has 9 heteroatoms.